The number of para-hydroxylation sites is 2. The lowest BCUT2D eigenvalue weighted by molar-refractivity contribution is 0.0697. The fourth-order valence-electron chi connectivity index (χ4n) is 3.95. The van der Waals surface area contributed by atoms with Crippen LogP contribution in [0.2, 0.25) is 0 Å². The lowest BCUT2D eigenvalue weighted by Crippen LogP contribution is -2.17. The van der Waals surface area contributed by atoms with Crippen LogP contribution < -0.4 is 4.74 Å². The molecular formula is C23H21NO3. The summed E-state index contributed by atoms with van der Waals surface area (Å²) in [6, 6.07) is 15.3. The van der Waals surface area contributed by atoms with Crippen molar-refractivity contribution in [2.24, 2.45) is 5.92 Å². The van der Waals surface area contributed by atoms with Crippen molar-refractivity contribution in [2.45, 2.75) is 19.8 Å². The van der Waals surface area contributed by atoms with Crippen LogP contribution in [0.25, 0.3) is 22.6 Å². The van der Waals surface area contributed by atoms with Crippen molar-refractivity contribution in [3.05, 3.63) is 70.9 Å². The number of carbonyl (C=O) groups is 1. The number of carboxylic acids is 1. The highest BCUT2D eigenvalue weighted by molar-refractivity contribution is 6.06. The van der Waals surface area contributed by atoms with Gasteiger partial charge in [0.25, 0.3) is 0 Å². The molecule has 1 atom stereocenters. The van der Waals surface area contributed by atoms with Gasteiger partial charge in [-0.05, 0) is 48.1 Å². The molecule has 0 saturated heterocycles. The highest BCUT2D eigenvalue weighted by Crippen LogP contribution is 2.39. The van der Waals surface area contributed by atoms with E-state index in [0.717, 1.165) is 41.0 Å². The summed E-state index contributed by atoms with van der Waals surface area (Å²) in [5.74, 6) is 0.249. The molecule has 1 heterocycles. The fraction of sp³-hybridized carbons (Fsp3) is 0.217. The number of carboxylic acid groups (broad SMARTS) is 1. The summed E-state index contributed by atoms with van der Waals surface area (Å²) in [5, 5.41) is 10.6. The highest BCUT2D eigenvalue weighted by atomic mass is 16.5. The molecule has 1 aliphatic carbocycles. The smallest absolute Gasteiger partial charge is 0.336 e. The second-order valence-electron chi connectivity index (χ2n) is 7.06. The molecule has 27 heavy (non-hydrogen) atoms. The maximum atomic E-state index is 12.1. The second-order valence-corrected chi connectivity index (χ2v) is 7.06. The first-order valence-corrected chi connectivity index (χ1v) is 9.07. The van der Waals surface area contributed by atoms with E-state index in [-0.39, 0.29) is 0 Å². The minimum Gasteiger partial charge on any atom is -0.496 e. The molecule has 4 heteroatoms. The van der Waals surface area contributed by atoms with Crippen molar-refractivity contribution in [2.75, 3.05) is 7.11 Å². The van der Waals surface area contributed by atoms with Gasteiger partial charge in [-0.2, -0.15) is 0 Å². The maximum absolute atomic E-state index is 12.1. The van der Waals surface area contributed by atoms with E-state index < -0.39 is 5.97 Å². The van der Waals surface area contributed by atoms with Gasteiger partial charge in [0.1, 0.15) is 5.75 Å². The van der Waals surface area contributed by atoms with Gasteiger partial charge in [-0.15, -0.1) is 0 Å². The van der Waals surface area contributed by atoms with Crippen LogP contribution in [0, 0.1) is 5.92 Å². The van der Waals surface area contributed by atoms with Crippen LogP contribution in [-0.4, -0.2) is 23.2 Å². The van der Waals surface area contributed by atoms with Gasteiger partial charge in [0, 0.05) is 10.9 Å². The molecular weight excluding hydrogens is 338 g/mol. The SMILES string of the molecule is COc1ccccc1/C=C1\C[C@H](C)Cc2c1nc1ccccc1c2C(=O)O. The number of benzene rings is 2. The molecule has 1 N–H and O–H groups in total. The van der Waals surface area contributed by atoms with E-state index in [1.54, 1.807) is 7.11 Å². The Morgan fingerprint density at radius 2 is 1.89 bits per heavy atom. The molecule has 4 nitrogen and oxygen atoms in total. The number of hydrogen-bond acceptors (Lipinski definition) is 3. The number of ether oxygens (including phenoxy) is 1. The van der Waals surface area contributed by atoms with E-state index in [2.05, 4.69) is 13.0 Å². The topological polar surface area (TPSA) is 59.4 Å². The summed E-state index contributed by atoms with van der Waals surface area (Å²) in [6.07, 6.45) is 3.66. The first-order chi connectivity index (χ1) is 13.1. The van der Waals surface area contributed by atoms with Gasteiger partial charge in [0.15, 0.2) is 0 Å². The fourth-order valence-corrected chi connectivity index (χ4v) is 3.95. The molecule has 0 amide bonds. The van der Waals surface area contributed by atoms with E-state index in [0.29, 0.717) is 22.4 Å². The molecule has 1 aromatic heterocycles. The molecule has 0 saturated carbocycles. The normalized spacial score (nSPS) is 17.7. The predicted octanol–water partition coefficient (Wildman–Crippen LogP) is 5.06. The molecule has 0 bridgehead atoms. The molecule has 3 aromatic rings. The van der Waals surface area contributed by atoms with Crippen molar-refractivity contribution >= 4 is 28.5 Å². The second kappa shape index (κ2) is 6.88. The van der Waals surface area contributed by atoms with Crippen LogP contribution >= 0.6 is 0 Å². The van der Waals surface area contributed by atoms with Gasteiger partial charge in [-0.3, -0.25) is 0 Å². The van der Waals surface area contributed by atoms with E-state index in [4.69, 9.17) is 9.72 Å². The molecule has 0 fully saturated rings. The van der Waals surface area contributed by atoms with Gasteiger partial charge >= 0.3 is 5.97 Å². The summed E-state index contributed by atoms with van der Waals surface area (Å²) in [6.45, 7) is 2.15. The van der Waals surface area contributed by atoms with Gasteiger partial charge in [0.2, 0.25) is 0 Å². The minimum absolute atomic E-state index is 0.347. The predicted molar refractivity (Wildman–Crippen MR) is 107 cm³/mol. The summed E-state index contributed by atoms with van der Waals surface area (Å²) in [7, 11) is 1.66. The first kappa shape index (κ1) is 17.3. The largest absolute Gasteiger partial charge is 0.496 e. The molecule has 136 valence electrons. The molecule has 0 unspecified atom stereocenters. The Morgan fingerprint density at radius 1 is 1.15 bits per heavy atom. The number of aromatic nitrogens is 1. The third-order valence-corrected chi connectivity index (χ3v) is 5.10. The number of methoxy groups -OCH3 is 1. The van der Waals surface area contributed by atoms with Gasteiger partial charge < -0.3 is 9.84 Å². The maximum Gasteiger partial charge on any atom is 0.336 e. The van der Waals surface area contributed by atoms with E-state index in [9.17, 15) is 9.90 Å². The van der Waals surface area contributed by atoms with Crippen LogP contribution in [-0.2, 0) is 6.42 Å². The minimum atomic E-state index is -0.893. The summed E-state index contributed by atoms with van der Waals surface area (Å²) in [4.78, 5) is 16.9. The zero-order valence-electron chi connectivity index (χ0n) is 15.4. The van der Waals surface area contributed by atoms with Crippen LogP contribution in [0.15, 0.2) is 48.5 Å². The third-order valence-electron chi connectivity index (χ3n) is 5.10. The molecule has 0 radical (unpaired) electrons. The summed E-state index contributed by atoms with van der Waals surface area (Å²) in [5.41, 5.74) is 4.77. The zero-order chi connectivity index (χ0) is 19.0. The van der Waals surface area contributed by atoms with Gasteiger partial charge in [0.05, 0.1) is 23.9 Å². The number of rotatable bonds is 3. The number of aromatic carboxylic acids is 1. The molecule has 1 aliphatic rings. The molecule has 4 rings (SSSR count). The van der Waals surface area contributed by atoms with Crippen molar-refractivity contribution in [1.82, 2.24) is 4.98 Å². The van der Waals surface area contributed by atoms with Crippen LogP contribution in [0.5, 0.6) is 5.75 Å². The molecule has 0 aliphatic heterocycles. The zero-order valence-corrected chi connectivity index (χ0v) is 15.4. The monoisotopic (exact) mass is 359 g/mol. The van der Waals surface area contributed by atoms with E-state index >= 15 is 0 Å². The Bertz CT molecular complexity index is 1070. The molecule has 2 aromatic carbocycles. The van der Waals surface area contributed by atoms with Crippen molar-refractivity contribution in [3.63, 3.8) is 0 Å². The first-order valence-electron chi connectivity index (χ1n) is 9.07. The van der Waals surface area contributed by atoms with E-state index in [1.165, 1.54) is 0 Å². The standard InChI is InChI=1S/C23H21NO3/c1-14-11-16(13-15-7-3-6-10-20(15)27-2)22-18(12-14)21(23(25)26)17-8-4-5-9-19(17)24-22/h3-10,13-14H,11-12H2,1-2H3,(H,25,26)/b16-13+/t14-/m0/s1. The van der Waals surface area contributed by atoms with Crippen LogP contribution in [0.1, 0.15) is 40.5 Å². The third kappa shape index (κ3) is 3.08. The average Bonchev–Trinajstić information content (AvgIpc) is 2.66. The number of pyridine rings is 1. The van der Waals surface area contributed by atoms with Crippen molar-refractivity contribution in [3.8, 4) is 5.75 Å². The lowest BCUT2D eigenvalue weighted by Gasteiger charge is -2.26. The lowest BCUT2D eigenvalue weighted by atomic mass is 9.80. The highest BCUT2D eigenvalue weighted by Gasteiger charge is 2.28. The Labute approximate surface area is 158 Å². The Balaban J connectivity index is 1.99. The Hall–Kier alpha value is -3.14. The number of allylic oxidation sites excluding steroid dienone is 1. The number of fused-ring (bicyclic) bond motifs is 2. The average molecular weight is 359 g/mol. The molecule has 0 spiro atoms. The van der Waals surface area contributed by atoms with Gasteiger partial charge in [-0.1, -0.05) is 43.3 Å². The van der Waals surface area contributed by atoms with E-state index in [1.807, 2.05) is 48.5 Å². The van der Waals surface area contributed by atoms with Crippen LogP contribution in [0.3, 0.4) is 0 Å². The van der Waals surface area contributed by atoms with Crippen LogP contribution in [0.4, 0.5) is 0 Å². The Kier molecular flexibility index (Phi) is 4.40. The Morgan fingerprint density at radius 3 is 2.67 bits per heavy atom. The number of hydrogen-bond donors (Lipinski definition) is 1. The van der Waals surface area contributed by atoms with Crippen molar-refractivity contribution in [1.29, 1.82) is 0 Å². The summed E-state index contributed by atoms with van der Waals surface area (Å²) < 4.78 is 5.47. The quantitative estimate of drug-likeness (QED) is 0.710. The summed E-state index contributed by atoms with van der Waals surface area (Å²) >= 11 is 0. The number of nitrogens with zero attached hydrogens (tertiary/aromatic N) is 1. The van der Waals surface area contributed by atoms with Gasteiger partial charge in [-0.25, -0.2) is 9.78 Å². The van der Waals surface area contributed by atoms with Crippen molar-refractivity contribution < 1.29 is 14.6 Å².